The summed E-state index contributed by atoms with van der Waals surface area (Å²) in [6.45, 7) is 4.92. The van der Waals surface area contributed by atoms with Crippen LogP contribution in [0.2, 0.25) is 0 Å². The summed E-state index contributed by atoms with van der Waals surface area (Å²) in [4.78, 5) is 0. The Kier molecular flexibility index (Phi) is 3.53. The second-order valence-corrected chi connectivity index (χ2v) is 6.20. The fourth-order valence-electron chi connectivity index (χ4n) is 3.60. The molecule has 1 spiro atoms. The minimum absolute atomic E-state index is 0.217. The van der Waals surface area contributed by atoms with Crippen LogP contribution in [-0.2, 0) is 4.74 Å². The molecule has 1 aromatic rings. The lowest BCUT2D eigenvalue weighted by atomic mass is 9.98. The van der Waals surface area contributed by atoms with Crippen LogP contribution >= 0.6 is 0 Å². The molecule has 2 nitrogen and oxygen atoms in total. The Labute approximate surface area is 116 Å². The lowest BCUT2D eigenvalue weighted by Gasteiger charge is -2.24. The average molecular weight is 260 g/mol. The van der Waals surface area contributed by atoms with Crippen LogP contribution in [0.4, 0.5) is 0 Å². The number of hydrogen-bond donors (Lipinski definition) is 0. The van der Waals surface area contributed by atoms with Crippen molar-refractivity contribution in [3.05, 3.63) is 29.3 Å². The Morgan fingerprint density at radius 3 is 2.53 bits per heavy atom. The molecule has 1 heterocycles. The standard InChI is InChI=1S/C17H24O2/c1-13-6-5-7-14(2)16(13)18-12-15-8-11-17(19-15)9-3-4-10-17/h5-7,15H,3-4,8-12H2,1-2H3. The summed E-state index contributed by atoms with van der Waals surface area (Å²) in [7, 11) is 0. The van der Waals surface area contributed by atoms with Gasteiger partial charge in [0.1, 0.15) is 12.4 Å². The Hall–Kier alpha value is -1.02. The van der Waals surface area contributed by atoms with E-state index in [-0.39, 0.29) is 11.7 Å². The Morgan fingerprint density at radius 1 is 1.16 bits per heavy atom. The molecule has 0 aromatic heterocycles. The quantitative estimate of drug-likeness (QED) is 0.812. The minimum atomic E-state index is 0.217. The Morgan fingerprint density at radius 2 is 1.84 bits per heavy atom. The van der Waals surface area contributed by atoms with Gasteiger partial charge in [-0.3, -0.25) is 0 Å². The highest BCUT2D eigenvalue weighted by molar-refractivity contribution is 5.39. The Balaban J connectivity index is 1.59. The molecule has 0 radical (unpaired) electrons. The van der Waals surface area contributed by atoms with E-state index in [0.717, 1.165) is 12.2 Å². The summed E-state index contributed by atoms with van der Waals surface area (Å²) < 4.78 is 12.3. The van der Waals surface area contributed by atoms with Gasteiger partial charge in [-0.05, 0) is 50.7 Å². The van der Waals surface area contributed by atoms with Gasteiger partial charge in [-0.1, -0.05) is 31.0 Å². The summed E-state index contributed by atoms with van der Waals surface area (Å²) in [5.74, 6) is 1.04. The molecule has 2 aliphatic rings. The first kappa shape index (κ1) is 13.0. The van der Waals surface area contributed by atoms with E-state index in [4.69, 9.17) is 9.47 Å². The van der Waals surface area contributed by atoms with Crippen molar-refractivity contribution in [2.24, 2.45) is 0 Å². The molecule has 104 valence electrons. The summed E-state index contributed by atoms with van der Waals surface area (Å²) in [6, 6.07) is 6.30. The summed E-state index contributed by atoms with van der Waals surface area (Å²) in [5.41, 5.74) is 2.65. The molecule has 1 saturated carbocycles. The topological polar surface area (TPSA) is 18.5 Å². The van der Waals surface area contributed by atoms with E-state index in [0.29, 0.717) is 6.61 Å². The molecule has 3 rings (SSSR count). The van der Waals surface area contributed by atoms with Gasteiger partial charge in [-0.25, -0.2) is 0 Å². The number of hydrogen-bond acceptors (Lipinski definition) is 2. The highest BCUT2D eigenvalue weighted by atomic mass is 16.6. The number of aryl methyl sites for hydroxylation is 2. The maximum atomic E-state index is 6.29. The van der Waals surface area contributed by atoms with E-state index in [1.807, 2.05) is 0 Å². The number of benzene rings is 1. The largest absolute Gasteiger partial charge is 0.490 e. The van der Waals surface area contributed by atoms with Crippen LogP contribution in [0.1, 0.15) is 49.7 Å². The molecule has 2 fully saturated rings. The molecule has 19 heavy (non-hydrogen) atoms. The molecule has 0 bridgehead atoms. The van der Waals surface area contributed by atoms with Gasteiger partial charge in [0.25, 0.3) is 0 Å². The van der Waals surface area contributed by atoms with Gasteiger partial charge in [0.2, 0.25) is 0 Å². The van der Waals surface area contributed by atoms with Crippen LogP contribution in [0, 0.1) is 13.8 Å². The zero-order chi connectivity index (χ0) is 13.3. The van der Waals surface area contributed by atoms with Crippen molar-refractivity contribution in [3.8, 4) is 5.75 Å². The number of rotatable bonds is 3. The lowest BCUT2D eigenvalue weighted by Crippen LogP contribution is -2.27. The molecule has 2 heteroatoms. The predicted molar refractivity (Wildman–Crippen MR) is 76.7 cm³/mol. The van der Waals surface area contributed by atoms with Gasteiger partial charge in [-0.15, -0.1) is 0 Å². The van der Waals surface area contributed by atoms with Gasteiger partial charge >= 0.3 is 0 Å². The third-order valence-electron chi connectivity index (χ3n) is 4.68. The zero-order valence-corrected chi connectivity index (χ0v) is 12.1. The first-order chi connectivity index (χ1) is 9.19. The second kappa shape index (κ2) is 5.16. The van der Waals surface area contributed by atoms with Crippen molar-refractivity contribution in [1.29, 1.82) is 0 Å². The van der Waals surface area contributed by atoms with Gasteiger partial charge in [0.15, 0.2) is 0 Å². The smallest absolute Gasteiger partial charge is 0.125 e. The molecule has 1 atom stereocenters. The predicted octanol–water partition coefficient (Wildman–Crippen LogP) is 4.17. The molecule has 0 N–H and O–H groups in total. The fourth-order valence-corrected chi connectivity index (χ4v) is 3.60. The van der Waals surface area contributed by atoms with Crippen molar-refractivity contribution >= 4 is 0 Å². The van der Waals surface area contributed by atoms with Crippen molar-refractivity contribution in [2.45, 2.75) is 64.1 Å². The number of para-hydroxylation sites is 1. The molecular formula is C17H24O2. The van der Waals surface area contributed by atoms with E-state index < -0.39 is 0 Å². The molecule has 1 aliphatic carbocycles. The lowest BCUT2D eigenvalue weighted by molar-refractivity contribution is -0.0510. The summed E-state index contributed by atoms with van der Waals surface area (Å²) >= 11 is 0. The average Bonchev–Trinajstić information content (AvgIpc) is 3.00. The van der Waals surface area contributed by atoms with Crippen LogP contribution in [-0.4, -0.2) is 18.3 Å². The van der Waals surface area contributed by atoms with Crippen LogP contribution < -0.4 is 4.74 Å². The molecular weight excluding hydrogens is 236 g/mol. The van der Waals surface area contributed by atoms with E-state index in [2.05, 4.69) is 32.0 Å². The molecule has 1 unspecified atom stereocenters. The maximum absolute atomic E-state index is 6.29. The van der Waals surface area contributed by atoms with Crippen LogP contribution in [0.3, 0.4) is 0 Å². The van der Waals surface area contributed by atoms with Crippen LogP contribution in [0.25, 0.3) is 0 Å². The molecule has 1 saturated heterocycles. The van der Waals surface area contributed by atoms with Crippen LogP contribution in [0.5, 0.6) is 5.75 Å². The van der Waals surface area contributed by atoms with Gasteiger partial charge in [0, 0.05) is 0 Å². The summed E-state index contributed by atoms with van der Waals surface area (Å²) in [5, 5.41) is 0. The molecule has 0 amide bonds. The first-order valence-corrected chi connectivity index (χ1v) is 7.55. The van der Waals surface area contributed by atoms with E-state index in [9.17, 15) is 0 Å². The zero-order valence-electron chi connectivity index (χ0n) is 12.1. The van der Waals surface area contributed by atoms with Crippen molar-refractivity contribution in [2.75, 3.05) is 6.61 Å². The van der Waals surface area contributed by atoms with Gasteiger partial charge < -0.3 is 9.47 Å². The highest BCUT2D eigenvalue weighted by Crippen LogP contribution is 2.43. The van der Waals surface area contributed by atoms with Crippen molar-refractivity contribution in [1.82, 2.24) is 0 Å². The molecule has 1 aliphatic heterocycles. The van der Waals surface area contributed by atoms with E-state index in [1.54, 1.807) is 0 Å². The van der Waals surface area contributed by atoms with Gasteiger partial charge in [0.05, 0.1) is 11.7 Å². The SMILES string of the molecule is Cc1cccc(C)c1OCC1CCC2(CCCC2)O1. The third kappa shape index (κ3) is 2.64. The molecule has 1 aromatic carbocycles. The van der Waals surface area contributed by atoms with Gasteiger partial charge in [-0.2, -0.15) is 0 Å². The monoisotopic (exact) mass is 260 g/mol. The summed E-state index contributed by atoms with van der Waals surface area (Å²) in [6.07, 6.45) is 7.87. The minimum Gasteiger partial charge on any atom is -0.490 e. The Bertz CT molecular complexity index is 426. The van der Waals surface area contributed by atoms with Crippen LogP contribution in [0.15, 0.2) is 18.2 Å². The van der Waals surface area contributed by atoms with E-state index in [1.165, 1.54) is 43.2 Å². The second-order valence-electron chi connectivity index (χ2n) is 6.20. The van der Waals surface area contributed by atoms with Crippen molar-refractivity contribution in [3.63, 3.8) is 0 Å². The first-order valence-electron chi connectivity index (χ1n) is 7.55. The van der Waals surface area contributed by atoms with E-state index >= 15 is 0 Å². The van der Waals surface area contributed by atoms with Crippen molar-refractivity contribution < 1.29 is 9.47 Å². The normalized spacial score (nSPS) is 25.1. The maximum Gasteiger partial charge on any atom is 0.125 e. The number of ether oxygens (including phenoxy) is 2. The third-order valence-corrected chi connectivity index (χ3v) is 4.68. The highest BCUT2D eigenvalue weighted by Gasteiger charge is 2.42. The fraction of sp³-hybridized carbons (Fsp3) is 0.647.